The van der Waals surface area contributed by atoms with E-state index in [1.54, 1.807) is 0 Å². The number of thiazole rings is 1. The summed E-state index contributed by atoms with van der Waals surface area (Å²) in [7, 11) is 0. The lowest BCUT2D eigenvalue weighted by molar-refractivity contribution is 0.0700. The second kappa shape index (κ2) is 8.40. The molecule has 0 radical (unpaired) electrons. The van der Waals surface area contributed by atoms with E-state index in [2.05, 4.69) is 10.3 Å². The minimum atomic E-state index is 0.0593. The maximum atomic E-state index is 12.8. The van der Waals surface area contributed by atoms with E-state index >= 15 is 0 Å². The van der Waals surface area contributed by atoms with Crippen molar-refractivity contribution in [1.29, 1.82) is 0 Å². The van der Waals surface area contributed by atoms with E-state index in [0.717, 1.165) is 54.7 Å². The van der Waals surface area contributed by atoms with Crippen molar-refractivity contribution in [3.05, 3.63) is 35.3 Å². The third-order valence-electron chi connectivity index (χ3n) is 5.31. The number of aromatic nitrogens is 1. The minimum absolute atomic E-state index is 0.0593. The number of likely N-dealkylation sites (tertiary alicyclic amines) is 1. The number of benzene rings is 1. The zero-order chi connectivity index (χ0) is 18.6. The van der Waals surface area contributed by atoms with Gasteiger partial charge in [-0.3, -0.25) is 4.79 Å². The van der Waals surface area contributed by atoms with Crippen molar-refractivity contribution in [1.82, 2.24) is 15.2 Å². The highest BCUT2D eigenvalue weighted by molar-refractivity contribution is 7.13. The van der Waals surface area contributed by atoms with Crippen LogP contribution in [0.15, 0.2) is 29.6 Å². The quantitative estimate of drug-likeness (QED) is 0.787. The molecule has 1 saturated carbocycles. The Hall–Kier alpha value is -1.92. The van der Waals surface area contributed by atoms with Crippen LogP contribution in [0, 0.1) is 5.92 Å². The summed E-state index contributed by atoms with van der Waals surface area (Å²) >= 11 is 1.52. The van der Waals surface area contributed by atoms with Crippen molar-refractivity contribution in [2.24, 2.45) is 5.92 Å². The van der Waals surface area contributed by atoms with Gasteiger partial charge in [-0.05, 0) is 69.3 Å². The van der Waals surface area contributed by atoms with E-state index in [0.29, 0.717) is 18.3 Å². The molecule has 6 heteroatoms. The van der Waals surface area contributed by atoms with E-state index in [9.17, 15) is 4.79 Å². The van der Waals surface area contributed by atoms with Gasteiger partial charge in [0.25, 0.3) is 5.91 Å². The predicted molar refractivity (Wildman–Crippen MR) is 108 cm³/mol. The van der Waals surface area contributed by atoms with Gasteiger partial charge in [0.1, 0.15) is 16.5 Å². The lowest BCUT2D eigenvalue weighted by Gasteiger charge is -2.32. The van der Waals surface area contributed by atoms with E-state index < -0.39 is 0 Å². The Morgan fingerprint density at radius 3 is 2.63 bits per heavy atom. The van der Waals surface area contributed by atoms with E-state index in [4.69, 9.17) is 4.74 Å². The molecule has 2 aliphatic rings. The highest BCUT2D eigenvalue weighted by Crippen LogP contribution is 2.29. The Balaban J connectivity index is 1.33. The normalized spacial score (nSPS) is 17.9. The number of hydrogen-bond donors (Lipinski definition) is 1. The van der Waals surface area contributed by atoms with Gasteiger partial charge < -0.3 is 15.0 Å². The first-order valence-corrected chi connectivity index (χ1v) is 10.8. The second-order valence-corrected chi connectivity index (χ2v) is 8.27. The van der Waals surface area contributed by atoms with Gasteiger partial charge in [-0.25, -0.2) is 4.98 Å². The van der Waals surface area contributed by atoms with Gasteiger partial charge in [0, 0.05) is 30.1 Å². The van der Waals surface area contributed by atoms with Crippen molar-refractivity contribution >= 4 is 17.2 Å². The van der Waals surface area contributed by atoms with E-state index in [1.807, 2.05) is 41.5 Å². The van der Waals surface area contributed by atoms with Crippen molar-refractivity contribution in [3.63, 3.8) is 0 Å². The molecule has 2 fully saturated rings. The van der Waals surface area contributed by atoms with Gasteiger partial charge in [-0.1, -0.05) is 0 Å². The molecule has 2 aromatic rings. The van der Waals surface area contributed by atoms with Crippen LogP contribution in [0.5, 0.6) is 5.75 Å². The molecule has 2 heterocycles. The third kappa shape index (κ3) is 4.68. The van der Waals surface area contributed by atoms with Crippen LogP contribution < -0.4 is 10.1 Å². The average molecular weight is 386 g/mol. The fourth-order valence-electron chi connectivity index (χ4n) is 3.47. The zero-order valence-electron chi connectivity index (χ0n) is 15.8. The Morgan fingerprint density at radius 2 is 1.96 bits per heavy atom. The van der Waals surface area contributed by atoms with Crippen molar-refractivity contribution in [2.75, 3.05) is 26.2 Å². The van der Waals surface area contributed by atoms with Crippen molar-refractivity contribution in [2.45, 2.75) is 38.6 Å². The smallest absolute Gasteiger partial charge is 0.273 e. The van der Waals surface area contributed by atoms with Gasteiger partial charge >= 0.3 is 0 Å². The van der Waals surface area contributed by atoms with Gasteiger partial charge in [0.2, 0.25) is 0 Å². The summed E-state index contributed by atoms with van der Waals surface area (Å²) in [5, 5.41) is 6.42. The molecule has 1 aromatic heterocycles. The summed E-state index contributed by atoms with van der Waals surface area (Å²) < 4.78 is 5.48. The van der Waals surface area contributed by atoms with Crippen LogP contribution in [0.4, 0.5) is 0 Å². The second-order valence-electron chi connectivity index (χ2n) is 7.41. The number of nitrogens with one attached hydrogen (secondary N) is 1. The van der Waals surface area contributed by atoms with E-state index in [1.165, 1.54) is 24.2 Å². The molecule has 0 unspecified atom stereocenters. The number of rotatable bonds is 7. The van der Waals surface area contributed by atoms with E-state index in [-0.39, 0.29) is 5.91 Å². The van der Waals surface area contributed by atoms with Crippen LogP contribution in [-0.2, 0) is 0 Å². The number of ether oxygens (including phenoxy) is 1. The molecule has 0 atom stereocenters. The Bertz CT molecular complexity index is 762. The Labute approximate surface area is 164 Å². The SMILES string of the molecule is CCOc1ccc(-c2nc(C(=O)N3CCC(NCC4CC4)CC3)cs2)cc1. The molecule has 27 heavy (non-hydrogen) atoms. The molecule has 0 spiro atoms. The molecular formula is C21H27N3O2S. The van der Waals surface area contributed by atoms with Crippen molar-refractivity contribution < 1.29 is 9.53 Å². The lowest BCUT2D eigenvalue weighted by atomic mass is 10.0. The average Bonchev–Trinajstić information content (AvgIpc) is 3.41. The minimum Gasteiger partial charge on any atom is -0.494 e. The zero-order valence-corrected chi connectivity index (χ0v) is 16.6. The Morgan fingerprint density at radius 1 is 1.22 bits per heavy atom. The highest BCUT2D eigenvalue weighted by Gasteiger charge is 2.27. The molecule has 0 bridgehead atoms. The fourth-order valence-corrected chi connectivity index (χ4v) is 4.27. The molecule has 4 rings (SSSR count). The van der Waals surface area contributed by atoms with Crippen LogP contribution in [0.25, 0.3) is 10.6 Å². The van der Waals surface area contributed by atoms with Gasteiger partial charge in [-0.15, -0.1) is 11.3 Å². The fraction of sp³-hybridized carbons (Fsp3) is 0.524. The molecule has 1 aromatic carbocycles. The number of carbonyl (C=O) groups excluding carboxylic acids is 1. The summed E-state index contributed by atoms with van der Waals surface area (Å²) in [4.78, 5) is 19.3. The van der Waals surface area contributed by atoms with Crippen LogP contribution >= 0.6 is 11.3 Å². The molecule has 5 nitrogen and oxygen atoms in total. The number of amides is 1. The molecule has 1 saturated heterocycles. The van der Waals surface area contributed by atoms with Gasteiger partial charge in [0.05, 0.1) is 6.61 Å². The summed E-state index contributed by atoms with van der Waals surface area (Å²) in [6.45, 7) is 5.41. The largest absolute Gasteiger partial charge is 0.494 e. The Kier molecular flexibility index (Phi) is 5.74. The number of carbonyl (C=O) groups is 1. The molecule has 144 valence electrons. The van der Waals surface area contributed by atoms with Crippen LogP contribution in [-0.4, -0.2) is 48.1 Å². The summed E-state index contributed by atoms with van der Waals surface area (Å²) in [5.41, 5.74) is 1.58. The summed E-state index contributed by atoms with van der Waals surface area (Å²) in [6, 6.07) is 8.44. The third-order valence-corrected chi connectivity index (χ3v) is 6.20. The van der Waals surface area contributed by atoms with Gasteiger partial charge in [-0.2, -0.15) is 0 Å². The van der Waals surface area contributed by atoms with Crippen LogP contribution in [0.3, 0.4) is 0 Å². The summed E-state index contributed by atoms with van der Waals surface area (Å²) in [6.07, 6.45) is 4.83. The van der Waals surface area contributed by atoms with Crippen LogP contribution in [0.1, 0.15) is 43.1 Å². The maximum Gasteiger partial charge on any atom is 0.273 e. The maximum absolute atomic E-state index is 12.8. The monoisotopic (exact) mass is 385 g/mol. The first kappa shape index (κ1) is 18.4. The number of nitrogens with zero attached hydrogens (tertiary/aromatic N) is 2. The summed E-state index contributed by atoms with van der Waals surface area (Å²) in [5.74, 6) is 1.82. The predicted octanol–water partition coefficient (Wildman–Crippen LogP) is 3.81. The molecular weight excluding hydrogens is 358 g/mol. The molecule has 1 aliphatic heterocycles. The topological polar surface area (TPSA) is 54.5 Å². The van der Waals surface area contributed by atoms with Gasteiger partial charge in [0.15, 0.2) is 0 Å². The first-order valence-electron chi connectivity index (χ1n) is 9.94. The lowest BCUT2D eigenvalue weighted by Crippen LogP contribution is -2.45. The number of piperidine rings is 1. The van der Waals surface area contributed by atoms with Crippen LogP contribution in [0.2, 0.25) is 0 Å². The van der Waals surface area contributed by atoms with Crippen molar-refractivity contribution in [3.8, 4) is 16.3 Å². The molecule has 1 N–H and O–H groups in total. The first-order chi connectivity index (χ1) is 13.2. The highest BCUT2D eigenvalue weighted by atomic mass is 32.1. The molecule has 1 amide bonds. The number of hydrogen-bond acceptors (Lipinski definition) is 5. The molecule has 1 aliphatic carbocycles. The standard InChI is InChI=1S/C21H27N3O2S/c1-2-26-18-7-5-16(6-8-18)20-23-19(14-27-20)21(25)24-11-9-17(10-12-24)22-13-15-3-4-15/h5-8,14-15,17,22H,2-4,9-13H2,1H3.